The van der Waals surface area contributed by atoms with Crippen molar-refractivity contribution in [1.29, 1.82) is 0 Å². The molecule has 2 aromatic rings. The minimum absolute atomic E-state index is 0.384. The molecule has 1 N–H and O–H groups in total. The number of aromatic nitrogens is 3. The van der Waals surface area contributed by atoms with Gasteiger partial charge in [0.1, 0.15) is 11.3 Å². The van der Waals surface area contributed by atoms with Gasteiger partial charge in [-0.25, -0.2) is 13.9 Å². The van der Waals surface area contributed by atoms with Gasteiger partial charge in [0.15, 0.2) is 0 Å². The van der Waals surface area contributed by atoms with Gasteiger partial charge in [-0.05, 0) is 13.0 Å². The molecule has 0 radical (unpaired) electrons. The van der Waals surface area contributed by atoms with Crippen molar-refractivity contribution in [2.75, 3.05) is 0 Å². The summed E-state index contributed by atoms with van der Waals surface area (Å²) in [5, 5.41) is 16.2. The molecular formula is C9H8FN3O2. The van der Waals surface area contributed by atoms with Crippen LogP contribution in [0.2, 0.25) is 0 Å². The molecule has 0 spiro atoms. The number of carboxylic acid groups (broad SMARTS) is 1. The fourth-order valence-electron chi connectivity index (χ4n) is 1.39. The van der Waals surface area contributed by atoms with Gasteiger partial charge in [0.25, 0.3) is 0 Å². The van der Waals surface area contributed by atoms with E-state index in [-0.39, 0.29) is 5.56 Å². The monoisotopic (exact) mass is 209 g/mol. The zero-order valence-corrected chi connectivity index (χ0v) is 7.94. The van der Waals surface area contributed by atoms with Gasteiger partial charge in [-0.3, -0.25) is 0 Å². The fourth-order valence-corrected chi connectivity index (χ4v) is 1.39. The second-order valence-corrected chi connectivity index (χ2v) is 3.03. The summed E-state index contributed by atoms with van der Waals surface area (Å²) in [6, 6.07) is 2.33. The van der Waals surface area contributed by atoms with Crippen molar-refractivity contribution in [2.24, 2.45) is 0 Å². The standard InChI is InChI=1S/C9H8FN3O2/c1-2-13-8-4-6(10)5(9(14)15)3-7(8)11-12-13/h3-4H,2H2,1H3,(H,14,15). The number of carboxylic acids is 1. The lowest BCUT2D eigenvalue weighted by Crippen LogP contribution is -2.01. The number of aryl methyl sites for hydroxylation is 1. The SMILES string of the molecule is CCn1nnc2cc(C(=O)O)c(F)cc21. The maximum absolute atomic E-state index is 13.3. The summed E-state index contributed by atoms with van der Waals surface area (Å²) in [4.78, 5) is 10.6. The van der Waals surface area contributed by atoms with Crippen LogP contribution < -0.4 is 0 Å². The minimum atomic E-state index is -1.31. The third-order valence-electron chi connectivity index (χ3n) is 2.13. The predicted octanol–water partition coefficient (Wildman–Crippen LogP) is 1.29. The highest BCUT2D eigenvalue weighted by Crippen LogP contribution is 2.17. The summed E-state index contributed by atoms with van der Waals surface area (Å²) in [6.45, 7) is 2.40. The maximum atomic E-state index is 13.3. The van der Waals surface area contributed by atoms with Gasteiger partial charge in [-0.2, -0.15) is 0 Å². The molecule has 2 rings (SSSR count). The van der Waals surface area contributed by atoms with E-state index in [4.69, 9.17) is 5.11 Å². The fraction of sp³-hybridized carbons (Fsp3) is 0.222. The summed E-state index contributed by atoms with van der Waals surface area (Å²) in [7, 11) is 0. The van der Waals surface area contributed by atoms with E-state index in [1.54, 1.807) is 0 Å². The van der Waals surface area contributed by atoms with Crippen LogP contribution in [-0.2, 0) is 6.54 Å². The Morgan fingerprint density at radius 3 is 2.93 bits per heavy atom. The Labute approximate surface area is 84.1 Å². The number of halogens is 1. The van der Waals surface area contributed by atoms with Crippen LogP contribution in [0.3, 0.4) is 0 Å². The molecule has 5 nitrogen and oxygen atoms in total. The minimum Gasteiger partial charge on any atom is -0.478 e. The normalized spacial score (nSPS) is 10.8. The number of benzene rings is 1. The Hall–Kier alpha value is -1.98. The van der Waals surface area contributed by atoms with Gasteiger partial charge in [0.2, 0.25) is 0 Å². The Kier molecular flexibility index (Phi) is 2.11. The lowest BCUT2D eigenvalue weighted by Gasteiger charge is -1.99. The maximum Gasteiger partial charge on any atom is 0.338 e. The molecule has 0 saturated heterocycles. The molecule has 1 heterocycles. The Balaban J connectivity index is 2.72. The van der Waals surface area contributed by atoms with Gasteiger partial charge >= 0.3 is 5.97 Å². The van der Waals surface area contributed by atoms with E-state index in [2.05, 4.69) is 10.3 Å². The van der Waals surface area contributed by atoms with Crippen LogP contribution in [0.15, 0.2) is 12.1 Å². The van der Waals surface area contributed by atoms with Gasteiger partial charge in [-0.1, -0.05) is 5.21 Å². The molecule has 0 fully saturated rings. The molecule has 0 bridgehead atoms. The average Bonchev–Trinajstić information content (AvgIpc) is 2.58. The van der Waals surface area contributed by atoms with Crippen LogP contribution in [-0.4, -0.2) is 26.1 Å². The van der Waals surface area contributed by atoms with Gasteiger partial charge < -0.3 is 5.11 Å². The van der Waals surface area contributed by atoms with Crippen molar-refractivity contribution in [3.63, 3.8) is 0 Å². The van der Waals surface area contributed by atoms with Crippen molar-refractivity contribution in [2.45, 2.75) is 13.5 Å². The van der Waals surface area contributed by atoms with Crippen LogP contribution in [0, 0.1) is 5.82 Å². The zero-order valence-electron chi connectivity index (χ0n) is 7.94. The molecule has 0 aliphatic carbocycles. The highest BCUT2D eigenvalue weighted by molar-refractivity contribution is 5.92. The second kappa shape index (κ2) is 3.30. The molecule has 0 aliphatic heterocycles. The van der Waals surface area contributed by atoms with Crippen LogP contribution >= 0.6 is 0 Å². The molecule has 0 atom stereocenters. The number of carbonyl (C=O) groups is 1. The van der Waals surface area contributed by atoms with Crippen LogP contribution in [0.1, 0.15) is 17.3 Å². The van der Waals surface area contributed by atoms with E-state index in [0.717, 1.165) is 6.07 Å². The molecule has 1 aromatic carbocycles. The summed E-state index contributed by atoms with van der Waals surface area (Å²) >= 11 is 0. The molecule has 0 aliphatic rings. The van der Waals surface area contributed by atoms with Crippen molar-refractivity contribution in [3.05, 3.63) is 23.5 Å². The molecule has 6 heteroatoms. The van der Waals surface area contributed by atoms with Crippen molar-refractivity contribution in [3.8, 4) is 0 Å². The Morgan fingerprint density at radius 1 is 1.60 bits per heavy atom. The smallest absolute Gasteiger partial charge is 0.338 e. The molecule has 0 amide bonds. The number of fused-ring (bicyclic) bond motifs is 1. The predicted molar refractivity (Wildman–Crippen MR) is 50.1 cm³/mol. The van der Waals surface area contributed by atoms with E-state index < -0.39 is 11.8 Å². The highest BCUT2D eigenvalue weighted by Gasteiger charge is 2.14. The van der Waals surface area contributed by atoms with Crippen molar-refractivity contribution < 1.29 is 14.3 Å². The first-order valence-corrected chi connectivity index (χ1v) is 4.39. The molecule has 1 aromatic heterocycles. The van der Waals surface area contributed by atoms with Gasteiger partial charge in [-0.15, -0.1) is 5.10 Å². The molecule has 15 heavy (non-hydrogen) atoms. The van der Waals surface area contributed by atoms with E-state index in [0.29, 0.717) is 17.6 Å². The quantitative estimate of drug-likeness (QED) is 0.809. The van der Waals surface area contributed by atoms with E-state index >= 15 is 0 Å². The van der Waals surface area contributed by atoms with Crippen LogP contribution in [0.4, 0.5) is 4.39 Å². The lowest BCUT2D eigenvalue weighted by molar-refractivity contribution is 0.0692. The van der Waals surface area contributed by atoms with Crippen LogP contribution in [0.25, 0.3) is 11.0 Å². The number of rotatable bonds is 2. The number of nitrogens with zero attached hydrogens (tertiary/aromatic N) is 3. The van der Waals surface area contributed by atoms with Gasteiger partial charge in [0, 0.05) is 12.6 Å². The number of hydrogen-bond acceptors (Lipinski definition) is 3. The number of aromatic carboxylic acids is 1. The molecule has 0 unspecified atom stereocenters. The van der Waals surface area contributed by atoms with E-state index in [1.807, 2.05) is 6.92 Å². The lowest BCUT2D eigenvalue weighted by atomic mass is 10.2. The third kappa shape index (κ3) is 1.43. The van der Waals surface area contributed by atoms with Crippen molar-refractivity contribution in [1.82, 2.24) is 15.0 Å². The Bertz CT molecular complexity index is 535. The topological polar surface area (TPSA) is 68.0 Å². The first kappa shape index (κ1) is 9.57. The average molecular weight is 209 g/mol. The van der Waals surface area contributed by atoms with Crippen molar-refractivity contribution >= 4 is 17.0 Å². The summed E-state index contributed by atoms with van der Waals surface area (Å²) in [6.07, 6.45) is 0. The van der Waals surface area contributed by atoms with E-state index in [1.165, 1.54) is 10.7 Å². The summed E-state index contributed by atoms with van der Waals surface area (Å²) < 4.78 is 14.8. The molecule has 0 saturated carbocycles. The van der Waals surface area contributed by atoms with Gasteiger partial charge in [0.05, 0.1) is 11.1 Å². The second-order valence-electron chi connectivity index (χ2n) is 3.03. The third-order valence-corrected chi connectivity index (χ3v) is 2.13. The number of hydrogen-bond donors (Lipinski definition) is 1. The molecule has 78 valence electrons. The summed E-state index contributed by atoms with van der Waals surface area (Å²) in [5.41, 5.74) is 0.501. The largest absolute Gasteiger partial charge is 0.478 e. The zero-order chi connectivity index (χ0) is 11.0. The Morgan fingerprint density at radius 2 is 2.33 bits per heavy atom. The van der Waals surface area contributed by atoms with Crippen LogP contribution in [0.5, 0.6) is 0 Å². The van der Waals surface area contributed by atoms with E-state index in [9.17, 15) is 9.18 Å². The summed E-state index contributed by atoms with van der Waals surface area (Å²) in [5.74, 6) is -2.08. The highest BCUT2D eigenvalue weighted by atomic mass is 19.1. The first-order valence-electron chi connectivity index (χ1n) is 4.39. The molecular weight excluding hydrogens is 201 g/mol. The first-order chi connectivity index (χ1) is 7.13.